The van der Waals surface area contributed by atoms with Crippen molar-refractivity contribution < 1.29 is 0 Å². The molecule has 1 N–H and O–H groups in total. The number of anilines is 1. The van der Waals surface area contributed by atoms with Gasteiger partial charge in [-0.3, -0.25) is 0 Å². The molecule has 1 unspecified atom stereocenters. The number of aryl methyl sites for hydroxylation is 1. The van der Waals surface area contributed by atoms with Crippen LogP contribution in [-0.2, 0) is 7.05 Å². The second kappa shape index (κ2) is 4.22. The maximum Gasteiger partial charge on any atom is 0.115 e. The highest BCUT2D eigenvalue weighted by Crippen LogP contribution is 2.49. The van der Waals surface area contributed by atoms with Crippen molar-refractivity contribution in [2.45, 2.75) is 25.7 Å². The third-order valence-electron chi connectivity index (χ3n) is 5.05. The van der Waals surface area contributed by atoms with Gasteiger partial charge in [-0.15, -0.1) is 5.10 Å². The van der Waals surface area contributed by atoms with Crippen molar-refractivity contribution in [3.63, 3.8) is 0 Å². The highest BCUT2D eigenvalue weighted by Gasteiger charge is 2.39. The number of rotatable bonds is 3. The van der Waals surface area contributed by atoms with Gasteiger partial charge in [0.05, 0.1) is 5.52 Å². The maximum atomic E-state index is 4.17. The average Bonchev–Trinajstić information content (AvgIpc) is 2.90. The Bertz CT molecular complexity index is 591. The highest BCUT2D eigenvalue weighted by atomic mass is 15.4. The van der Waals surface area contributed by atoms with Crippen LogP contribution in [0.25, 0.3) is 11.0 Å². The summed E-state index contributed by atoms with van der Waals surface area (Å²) < 4.78 is 1.81. The van der Waals surface area contributed by atoms with Crippen LogP contribution in [0.4, 0.5) is 5.69 Å². The van der Waals surface area contributed by atoms with E-state index in [2.05, 4.69) is 33.8 Å². The summed E-state index contributed by atoms with van der Waals surface area (Å²) in [6, 6.07) is 6.33. The van der Waals surface area contributed by atoms with Crippen molar-refractivity contribution in [1.29, 1.82) is 0 Å². The lowest BCUT2D eigenvalue weighted by molar-refractivity contribution is 0.219. The van der Waals surface area contributed by atoms with E-state index in [1.54, 1.807) is 0 Å². The minimum Gasteiger partial charge on any atom is -0.385 e. The minimum absolute atomic E-state index is 0.870. The maximum absolute atomic E-state index is 4.17. The minimum atomic E-state index is 0.870. The van der Waals surface area contributed by atoms with Crippen molar-refractivity contribution in [3.05, 3.63) is 18.2 Å². The number of fused-ring (bicyclic) bond motifs is 2. The summed E-state index contributed by atoms with van der Waals surface area (Å²) >= 11 is 0. The Kier molecular flexibility index (Phi) is 2.50. The molecule has 0 aliphatic heterocycles. The van der Waals surface area contributed by atoms with Gasteiger partial charge in [-0.1, -0.05) is 5.21 Å². The van der Waals surface area contributed by atoms with Crippen molar-refractivity contribution >= 4 is 16.7 Å². The first kappa shape index (κ1) is 11.3. The summed E-state index contributed by atoms with van der Waals surface area (Å²) in [5.41, 5.74) is 3.23. The molecule has 3 atom stereocenters. The fourth-order valence-corrected chi connectivity index (χ4v) is 3.79. The standard InChI is InChI=1S/C15H20N4/c1-19-15-5-4-13(8-14(15)17-18-19)16-9-10-6-11-2-3-12(11)7-10/h4-5,8,10-12,16H,2-3,6-7,9H2,1H3/t10?,11-,12+. The first-order valence-electron chi connectivity index (χ1n) is 7.33. The molecule has 4 heteroatoms. The number of benzene rings is 1. The molecular formula is C15H20N4. The quantitative estimate of drug-likeness (QED) is 0.918. The second-order valence-corrected chi connectivity index (χ2v) is 6.23. The zero-order valence-electron chi connectivity index (χ0n) is 11.3. The molecule has 0 saturated heterocycles. The number of hydrogen-bond acceptors (Lipinski definition) is 3. The molecule has 1 heterocycles. The van der Waals surface area contributed by atoms with Gasteiger partial charge in [-0.2, -0.15) is 0 Å². The monoisotopic (exact) mass is 256 g/mol. The molecule has 2 saturated carbocycles. The van der Waals surface area contributed by atoms with E-state index in [4.69, 9.17) is 0 Å². The van der Waals surface area contributed by atoms with Crippen LogP contribution in [0.3, 0.4) is 0 Å². The van der Waals surface area contributed by atoms with Gasteiger partial charge >= 0.3 is 0 Å². The van der Waals surface area contributed by atoms with E-state index in [0.29, 0.717) is 0 Å². The number of aromatic nitrogens is 3. The Morgan fingerprint density at radius 2 is 2.05 bits per heavy atom. The second-order valence-electron chi connectivity index (χ2n) is 6.23. The van der Waals surface area contributed by atoms with Crippen LogP contribution in [0.5, 0.6) is 0 Å². The highest BCUT2D eigenvalue weighted by molar-refractivity contribution is 5.78. The van der Waals surface area contributed by atoms with Crippen molar-refractivity contribution in [2.24, 2.45) is 24.8 Å². The predicted octanol–water partition coefficient (Wildman–Crippen LogP) is 2.82. The van der Waals surface area contributed by atoms with E-state index in [1.807, 2.05) is 11.7 Å². The molecule has 0 spiro atoms. The first-order chi connectivity index (χ1) is 9.29. The van der Waals surface area contributed by atoms with Crippen LogP contribution in [0.15, 0.2) is 18.2 Å². The van der Waals surface area contributed by atoms with Crippen LogP contribution in [0.1, 0.15) is 25.7 Å². The lowest BCUT2D eigenvalue weighted by atomic mass is 9.77. The number of hydrogen-bond donors (Lipinski definition) is 1. The lowest BCUT2D eigenvalue weighted by Gasteiger charge is -2.29. The fraction of sp³-hybridized carbons (Fsp3) is 0.600. The van der Waals surface area contributed by atoms with E-state index in [9.17, 15) is 0 Å². The van der Waals surface area contributed by atoms with Gasteiger partial charge in [-0.05, 0) is 61.6 Å². The van der Waals surface area contributed by atoms with Gasteiger partial charge in [0.1, 0.15) is 5.52 Å². The van der Waals surface area contributed by atoms with Gasteiger partial charge in [-0.25, -0.2) is 4.68 Å². The normalized spacial score (nSPS) is 29.2. The Labute approximate surface area is 113 Å². The summed E-state index contributed by atoms with van der Waals surface area (Å²) in [6.45, 7) is 1.11. The van der Waals surface area contributed by atoms with E-state index < -0.39 is 0 Å². The smallest absolute Gasteiger partial charge is 0.115 e. The van der Waals surface area contributed by atoms with Crippen molar-refractivity contribution in [3.8, 4) is 0 Å². The Balaban J connectivity index is 1.43. The molecule has 2 aliphatic rings. The van der Waals surface area contributed by atoms with Crippen LogP contribution in [-0.4, -0.2) is 21.5 Å². The largest absolute Gasteiger partial charge is 0.385 e. The van der Waals surface area contributed by atoms with Gasteiger partial charge in [0.15, 0.2) is 0 Å². The summed E-state index contributed by atoms with van der Waals surface area (Å²) in [4.78, 5) is 0. The van der Waals surface area contributed by atoms with E-state index in [0.717, 1.165) is 35.3 Å². The molecule has 0 bridgehead atoms. The third kappa shape index (κ3) is 1.90. The summed E-state index contributed by atoms with van der Waals surface area (Å²) in [6.07, 6.45) is 5.83. The Hall–Kier alpha value is -1.58. The summed E-state index contributed by atoms with van der Waals surface area (Å²) in [5, 5.41) is 11.8. The molecule has 2 aromatic rings. The summed E-state index contributed by atoms with van der Waals surface area (Å²) in [5.74, 6) is 2.97. The molecule has 4 nitrogen and oxygen atoms in total. The Morgan fingerprint density at radius 3 is 2.79 bits per heavy atom. The molecule has 1 aromatic carbocycles. The van der Waals surface area contributed by atoms with Gasteiger partial charge in [0.2, 0.25) is 0 Å². The summed E-state index contributed by atoms with van der Waals surface area (Å²) in [7, 11) is 1.93. The van der Waals surface area contributed by atoms with Crippen molar-refractivity contribution in [2.75, 3.05) is 11.9 Å². The number of nitrogens with zero attached hydrogens (tertiary/aromatic N) is 3. The van der Waals surface area contributed by atoms with Crippen LogP contribution in [0, 0.1) is 17.8 Å². The molecule has 0 radical (unpaired) electrons. The van der Waals surface area contributed by atoms with Gasteiger partial charge in [0.25, 0.3) is 0 Å². The fourth-order valence-electron chi connectivity index (χ4n) is 3.79. The molecule has 2 aliphatic carbocycles. The predicted molar refractivity (Wildman–Crippen MR) is 75.9 cm³/mol. The average molecular weight is 256 g/mol. The third-order valence-corrected chi connectivity index (χ3v) is 5.05. The van der Waals surface area contributed by atoms with Crippen LogP contribution in [0.2, 0.25) is 0 Å². The molecular weight excluding hydrogens is 236 g/mol. The SMILES string of the molecule is Cn1nnc2cc(NCC3C[C@H]4CC[C@H]4C3)ccc21. The van der Waals surface area contributed by atoms with Crippen molar-refractivity contribution in [1.82, 2.24) is 15.0 Å². The van der Waals surface area contributed by atoms with Gasteiger partial charge < -0.3 is 5.32 Å². The molecule has 2 fully saturated rings. The van der Waals surface area contributed by atoms with Crippen LogP contribution < -0.4 is 5.32 Å². The molecule has 100 valence electrons. The van der Waals surface area contributed by atoms with Crippen LogP contribution >= 0.6 is 0 Å². The molecule has 0 amide bonds. The first-order valence-corrected chi connectivity index (χ1v) is 7.33. The topological polar surface area (TPSA) is 42.7 Å². The van der Waals surface area contributed by atoms with E-state index in [-0.39, 0.29) is 0 Å². The zero-order chi connectivity index (χ0) is 12.8. The Morgan fingerprint density at radius 1 is 1.26 bits per heavy atom. The van der Waals surface area contributed by atoms with E-state index in [1.165, 1.54) is 31.4 Å². The molecule has 19 heavy (non-hydrogen) atoms. The zero-order valence-corrected chi connectivity index (χ0v) is 11.3. The van der Waals surface area contributed by atoms with E-state index >= 15 is 0 Å². The molecule has 1 aromatic heterocycles. The number of nitrogens with one attached hydrogen (secondary N) is 1. The van der Waals surface area contributed by atoms with Gasteiger partial charge in [0, 0.05) is 19.3 Å². The molecule has 4 rings (SSSR count). The lowest BCUT2D eigenvalue weighted by Crippen LogP contribution is -2.18.